The number of benzene rings is 2. The zero-order valence-corrected chi connectivity index (χ0v) is 16.0. The summed E-state index contributed by atoms with van der Waals surface area (Å²) >= 11 is 3.22. The van der Waals surface area contributed by atoms with Gasteiger partial charge in [-0.3, -0.25) is 9.59 Å². The van der Waals surface area contributed by atoms with Crippen molar-refractivity contribution in [2.24, 2.45) is 0 Å². The van der Waals surface area contributed by atoms with Crippen LogP contribution in [0.25, 0.3) is 0 Å². The summed E-state index contributed by atoms with van der Waals surface area (Å²) in [7, 11) is 1.66. The molecule has 0 bridgehead atoms. The number of likely N-dealkylation sites (N-methyl/N-ethyl adjacent to an activating group) is 1. The van der Waals surface area contributed by atoms with Gasteiger partial charge in [0.2, 0.25) is 11.8 Å². The van der Waals surface area contributed by atoms with Crippen LogP contribution >= 0.6 is 23.5 Å². The van der Waals surface area contributed by atoms with Gasteiger partial charge in [0.25, 0.3) is 0 Å². The van der Waals surface area contributed by atoms with E-state index in [4.69, 9.17) is 0 Å². The van der Waals surface area contributed by atoms with Crippen LogP contribution in [0.4, 0.5) is 5.69 Å². The fraction of sp³-hybridized carbons (Fsp3) is 0.263. The minimum atomic E-state index is -0.187. The van der Waals surface area contributed by atoms with Gasteiger partial charge in [0, 0.05) is 29.0 Å². The third-order valence-electron chi connectivity index (χ3n) is 3.52. The molecule has 0 radical (unpaired) electrons. The lowest BCUT2D eigenvalue weighted by Crippen LogP contribution is -2.35. The van der Waals surface area contributed by atoms with Crippen molar-refractivity contribution < 1.29 is 9.59 Å². The molecule has 0 aliphatic carbocycles. The van der Waals surface area contributed by atoms with Crippen molar-refractivity contribution in [3.05, 3.63) is 54.6 Å². The van der Waals surface area contributed by atoms with Crippen LogP contribution in [0.5, 0.6) is 0 Å². The van der Waals surface area contributed by atoms with E-state index in [1.165, 1.54) is 4.90 Å². The van der Waals surface area contributed by atoms with Gasteiger partial charge in [0.05, 0.1) is 12.2 Å². The summed E-state index contributed by atoms with van der Waals surface area (Å²) in [5.74, 6) is 0.481. The standard InChI is InChI=1S/C19H22N2O2S2/c1-21(19(23)12-13-25-15-8-4-3-5-9-15)14-18(22)20-16-10-6-7-11-17(16)24-2/h3-11H,12-14H2,1-2H3,(H,20,22). The molecule has 0 aliphatic rings. The van der Waals surface area contributed by atoms with Gasteiger partial charge in [-0.2, -0.15) is 0 Å². The highest BCUT2D eigenvalue weighted by Gasteiger charge is 2.14. The molecule has 132 valence electrons. The molecule has 4 nitrogen and oxygen atoms in total. The van der Waals surface area contributed by atoms with E-state index in [9.17, 15) is 9.59 Å². The molecule has 1 N–H and O–H groups in total. The highest BCUT2D eigenvalue weighted by molar-refractivity contribution is 7.99. The highest BCUT2D eigenvalue weighted by atomic mass is 32.2. The van der Waals surface area contributed by atoms with Gasteiger partial charge >= 0.3 is 0 Å². The van der Waals surface area contributed by atoms with Gasteiger partial charge in [-0.1, -0.05) is 30.3 Å². The number of thioether (sulfide) groups is 2. The number of hydrogen-bond acceptors (Lipinski definition) is 4. The van der Waals surface area contributed by atoms with Crippen LogP contribution in [0.3, 0.4) is 0 Å². The molecule has 25 heavy (non-hydrogen) atoms. The molecule has 2 amide bonds. The largest absolute Gasteiger partial charge is 0.336 e. The molecular weight excluding hydrogens is 352 g/mol. The molecule has 2 aromatic carbocycles. The van der Waals surface area contributed by atoms with Crippen molar-refractivity contribution in [2.45, 2.75) is 16.2 Å². The van der Waals surface area contributed by atoms with Crippen molar-refractivity contribution in [3.63, 3.8) is 0 Å². The maximum Gasteiger partial charge on any atom is 0.244 e. The lowest BCUT2D eigenvalue weighted by molar-refractivity contribution is -0.132. The first kappa shape index (κ1) is 19.4. The van der Waals surface area contributed by atoms with Gasteiger partial charge in [0.15, 0.2) is 0 Å². The number of para-hydroxylation sites is 1. The van der Waals surface area contributed by atoms with Crippen molar-refractivity contribution in [1.29, 1.82) is 0 Å². The molecule has 0 aromatic heterocycles. The number of hydrogen-bond donors (Lipinski definition) is 1. The number of nitrogens with zero attached hydrogens (tertiary/aromatic N) is 1. The Kier molecular flexibility index (Phi) is 7.88. The second-order valence-corrected chi connectivity index (χ2v) is 7.43. The van der Waals surface area contributed by atoms with Crippen molar-refractivity contribution in [3.8, 4) is 0 Å². The number of rotatable bonds is 8. The Balaban J connectivity index is 1.77. The van der Waals surface area contributed by atoms with E-state index in [-0.39, 0.29) is 18.4 Å². The van der Waals surface area contributed by atoms with Crippen LogP contribution < -0.4 is 5.32 Å². The topological polar surface area (TPSA) is 49.4 Å². The van der Waals surface area contributed by atoms with Crippen LogP contribution in [0.1, 0.15) is 6.42 Å². The summed E-state index contributed by atoms with van der Waals surface area (Å²) < 4.78 is 0. The third kappa shape index (κ3) is 6.48. The van der Waals surface area contributed by atoms with Gasteiger partial charge in [0.1, 0.15) is 0 Å². The Morgan fingerprint density at radius 2 is 1.72 bits per heavy atom. The fourth-order valence-corrected chi connectivity index (χ4v) is 3.62. The Morgan fingerprint density at radius 1 is 1.04 bits per heavy atom. The van der Waals surface area contributed by atoms with Crippen molar-refractivity contribution in [2.75, 3.05) is 30.9 Å². The summed E-state index contributed by atoms with van der Waals surface area (Å²) in [6, 6.07) is 17.6. The predicted molar refractivity (Wildman–Crippen MR) is 106 cm³/mol. The molecule has 2 rings (SSSR count). The van der Waals surface area contributed by atoms with Crippen LogP contribution in [0, 0.1) is 0 Å². The molecule has 0 atom stereocenters. The molecule has 0 saturated carbocycles. The normalized spacial score (nSPS) is 10.3. The number of carbonyl (C=O) groups is 2. The van der Waals surface area contributed by atoms with Gasteiger partial charge < -0.3 is 10.2 Å². The van der Waals surface area contributed by atoms with E-state index >= 15 is 0 Å². The molecule has 0 unspecified atom stereocenters. The first-order valence-corrected chi connectivity index (χ1v) is 10.2. The molecule has 0 aliphatic heterocycles. The van der Waals surface area contributed by atoms with Gasteiger partial charge in [-0.25, -0.2) is 0 Å². The fourth-order valence-electron chi connectivity index (χ4n) is 2.21. The number of anilines is 1. The first-order valence-electron chi connectivity index (χ1n) is 7.95. The zero-order chi connectivity index (χ0) is 18.1. The molecule has 6 heteroatoms. The maximum absolute atomic E-state index is 12.2. The number of carbonyl (C=O) groups excluding carboxylic acids is 2. The number of amides is 2. The summed E-state index contributed by atoms with van der Waals surface area (Å²) in [5, 5.41) is 2.87. The summed E-state index contributed by atoms with van der Waals surface area (Å²) in [6.45, 7) is 0.0531. The monoisotopic (exact) mass is 374 g/mol. The molecule has 0 saturated heterocycles. The van der Waals surface area contributed by atoms with Crippen LogP contribution in [-0.2, 0) is 9.59 Å². The molecule has 0 fully saturated rings. The Hall–Kier alpha value is -1.92. The van der Waals surface area contributed by atoms with Crippen LogP contribution in [-0.4, -0.2) is 42.3 Å². The van der Waals surface area contributed by atoms with E-state index in [1.54, 1.807) is 30.6 Å². The second kappa shape index (κ2) is 10.2. The summed E-state index contributed by atoms with van der Waals surface area (Å²) in [4.78, 5) is 28.0. The summed E-state index contributed by atoms with van der Waals surface area (Å²) in [5.41, 5.74) is 0.778. The van der Waals surface area contributed by atoms with Gasteiger partial charge in [-0.05, 0) is 30.5 Å². The Morgan fingerprint density at radius 3 is 2.44 bits per heavy atom. The van der Waals surface area contributed by atoms with Crippen molar-refractivity contribution >= 4 is 41.0 Å². The average Bonchev–Trinajstić information content (AvgIpc) is 2.62. The van der Waals surface area contributed by atoms with E-state index < -0.39 is 0 Å². The Bertz CT molecular complexity index is 708. The minimum absolute atomic E-state index is 0.0308. The molecular formula is C19H22N2O2S2. The highest BCUT2D eigenvalue weighted by Crippen LogP contribution is 2.24. The van der Waals surface area contributed by atoms with E-state index in [1.807, 2.05) is 60.9 Å². The quantitative estimate of drug-likeness (QED) is 0.710. The van der Waals surface area contributed by atoms with E-state index in [2.05, 4.69) is 5.32 Å². The van der Waals surface area contributed by atoms with E-state index in [0.717, 1.165) is 15.5 Å². The summed E-state index contributed by atoms with van der Waals surface area (Å²) in [6.07, 6.45) is 2.37. The van der Waals surface area contributed by atoms with Crippen LogP contribution in [0.2, 0.25) is 0 Å². The average molecular weight is 375 g/mol. The lowest BCUT2D eigenvalue weighted by atomic mass is 10.3. The van der Waals surface area contributed by atoms with Gasteiger partial charge in [-0.15, -0.1) is 23.5 Å². The second-order valence-electron chi connectivity index (χ2n) is 5.41. The molecule has 0 heterocycles. The Labute approximate surface area is 157 Å². The predicted octanol–water partition coefficient (Wildman–Crippen LogP) is 3.99. The SMILES string of the molecule is CSc1ccccc1NC(=O)CN(C)C(=O)CCSc1ccccc1. The molecule has 0 spiro atoms. The minimum Gasteiger partial charge on any atom is -0.336 e. The first-order chi connectivity index (χ1) is 12.1. The number of nitrogens with one attached hydrogen (secondary N) is 1. The van der Waals surface area contributed by atoms with Crippen LogP contribution in [0.15, 0.2) is 64.4 Å². The lowest BCUT2D eigenvalue weighted by Gasteiger charge is -2.17. The van der Waals surface area contributed by atoms with E-state index in [0.29, 0.717) is 12.2 Å². The zero-order valence-electron chi connectivity index (χ0n) is 14.4. The van der Waals surface area contributed by atoms with Crippen molar-refractivity contribution in [1.82, 2.24) is 4.90 Å². The third-order valence-corrected chi connectivity index (χ3v) is 5.33. The molecule has 2 aromatic rings. The smallest absolute Gasteiger partial charge is 0.244 e. The maximum atomic E-state index is 12.2.